The zero-order valence-electron chi connectivity index (χ0n) is 19.8. The molecule has 5 N–H and O–H groups in total. The van der Waals surface area contributed by atoms with Crippen molar-refractivity contribution in [2.75, 3.05) is 12.3 Å². The second-order valence-corrected chi connectivity index (χ2v) is 8.83. The molecule has 0 saturated carbocycles. The molecule has 8 nitrogen and oxygen atoms in total. The number of carbonyl (C=O) groups is 2. The Kier molecular flexibility index (Phi) is 6.49. The lowest BCUT2D eigenvalue weighted by atomic mass is 9.97. The van der Waals surface area contributed by atoms with Crippen LogP contribution in [0.5, 0.6) is 0 Å². The molecule has 0 bridgehead atoms. The van der Waals surface area contributed by atoms with Crippen LogP contribution in [0.3, 0.4) is 0 Å². The summed E-state index contributed by atoms with van der Waals surface area (Å²) in [4.78, 5) is 35.6. The number of carbonyl (C=O) groups excluding carboxylic acids is 2. The zero-order chi connectivity index (χ0) is 26.1. The fraction of sp³-hybridized carbons (Fsp3) is 0.185. The highest BCUT2D eigenvalue weighted by atomic mass is 19.2. The fourth-order valence-electron chi connectivity index (χ4n) is 4.52. The number of halogens is 2. The first-order valence-corrected chi connectivity index (χ1v) is 11.7. The Morgan fingerprint density at radius 3 is 2.38 bits per heavy atom. The highest BCUT2D eigenvalue weighted by Gasteiger charge is 2.27. The topological polar surface area (TPSA) is 127 Å². The van der Waals surface area contributed by atoms with Gasteiger partial charge in [0.2, 0.25) is 11.9 Å². The largest absolute Gasteiger partial charge is 0.368 e. The Morgan fingerprint density at radius 1 is 0.973 bits per heavy atom. The third-order valence-corrected chi connectivity index (χ3v) is 6.35. The van der Waals surface area contributed by atoms with Gasteiger partial charge in [0, 0.05) is 38.0 Å². The third-order valence-electron chi connectivity index (χ3n) is 6.35. The molecule has 1 aliphatic rings. The van der Waals surface area contributed by atoms with Crippen LogP contribution < -0.4 is 16.8 Å². The summed E-state index contributed by atoms with van der Waals surface area (Å²) < 4.78 is 28.4. The summed E-state index contributed by atoms with van der Waals surface area (Å²) in [6.07, 6.45) is 0.111. The van der Waals surface area contributed by atoms with E-state index in [-0.39, 0.29) is 43.0 Å². The molecule has 0 fully saturated rings. The summed E-state index contributed by atoms with van der Waals surface area (Å²) in [5.41, 5.74) is 15.2. The van der Waals surface area contributed by atoms with E-state index in [0.717, 1.165) is 23.3 Å². The summed E-state index contributed by atoms with van der Waals surface area (Å²) >= 11 is 0. The van der Waals surface area contributed by atoms with Crippen molar-refractivity contribution in [3.05, 3.63) is 88.6 Å². The third kappa shape index (κ3) is 4.83. The molecule has 10 heteroatoms. The summed E-state index contributed by atoms with van der Waals surface area (Å²) in [6, 6.07) is 14.9. The van der Waals surface area contributed by atoms with E-state index in [4.69, 9.17) is 11.5 Å². The first kappa shape index (κ1) is 24.3. The minimum Gasteiger partial charge on any atom is -0.368 e. The molecule has 0 unspecified atom stereocenters. The fourth-order valence-corrected chi connectivity index (χ4v) is 4.52. The van der Waals surface area contributed by atoms with Crippen LogP contribution in [0.25, 0.3) is 22.0 Å². The molecule has 3 aromatic carbocycles. The van der Waals surface area contributed by atoms with Gasteiger partial charge in [-0.15, -0.1) is 0 Å². The van der Waals surface area contributed by atoms with Gasteiger partial charge in [0.15, 0.2) is 11.6 Å². The SMILES string of the molecule is NCCC(=O)NCc1cc(F)c(F)cc1-c1ccc2nc(N)nc(C(=O)N3Cc4ccccc4C3)c2c1. The molecule has 0 radical (unpaired) electrons. The van der Waals surface area contributed by atoms with E-state index in [1.54, 1.807) is 23.1 Å². The maximum atomic E-state index is 14.3. The highest BCUT2D eigenvalue weighted by Crippen LogP contribution is 2.31. The number of nitrogens with one attached hydrogen (secondary N) is 1. The van der Waals surface area contributed by atoms with Crippen molar-refractivity contribution in [1.82, 2.24) is 20.2 Å². The molecule has 1 aliphatic heterocycles. The Labute approximate surface area is 211 Å². The molecule has 0 saturated heterocycles. The first-order chi connectivity index (χ1) is 17.8. The van der Waals surface area contributed by atoms with Crippen molar-refractivity contribution >= 4 is 28.7 Å². The summed E-state index contributed by atoms with van der Waals surface area (Å²) in [5.74, 6) is -2.73. The minimum atomic E-state index is -1.04. The lowest BCUT2D eigenvalue weighted by Crippen LogP contribution is -2.27. The lowest BCUT2D eigenvalue weighted by molar-refractivity contribution is -0.121. The van der Waals surface area contributed by atoms with Crippen molar-refractivity contribution in [2.45, 2.75) is 26.1 Å². The maximum absolute atomic E-state index is 14.3. The van der Waals surface area contributed by atoms with Gasteiger partial charge in [0.25, 0.3) is 5.91 Å². The normalized spacial score (nSPS) is 12.6. The van der Waals surface area contributed by atoms with Crippen LogP contribution in [0.1, 0.15) is 33.6 Å². The predicted molar refractivity (Wildman–Crippen MR) is 135 cm³/mol. The molecule has 2 heterocycles. The second-order valence-electron chi connectivity index (χ2n) is 8.83. The van der Waals surface area contributed by atoms with Crippen molar-refractivity contribution in [1.29, 1.82) is 0 Å². The number of benzene rings is 3. The van der Waals surface area contributed by atoms with Crippen LogP contribution >= 0.6 is 0 Å². The first-order valence-electron chi connectivity index (χ1n) is 11.7. The molecule has 4 aromatic rings. The van der Waals surface area contributed by atoms with Crippen molar-refractivity contribution in [3.8, 4) is 11.1 Å². The Bertz CT molecular complexity index is 1520. The summed E-state index contributed by atoms with van der Waals surface area (Å²) in [6.45, 7) is 1.02. The standard InChI is InChI=1S/C27H24F2N6O2/c28-21-10-18(12-32-24(36)7-8-30)19(11-22(21)29)15-5-6-23-20(9-15)25(34-27(31)33-23)26(37)35-13-16-3-1-2-4-17(16)14-35/h1-6,9-11H,7-8,12-14,30H2,(H,32,36)(H2,31,33,34). The van der Waals surface area contributed by atoms with Gasteiger partial charge in [-0.2, -0.15) is 0 Å². The number of aromatic nitrogens is 2. The Hall–Kier alpha value is -4.44. The summed E-state index contributed by atoms with van der Waals surface area (Å²) in [7, 11) is 0. The van der Waals surface area contributed by atoms with Crippen molar-refractivity contribution in [2.24, 2.45) is 5.73 Å². The number of hydrogen-bond donors (Lipinski definition) is 3. The minimum absolute atomic E-state index is 0.0283. The molecular weight excluding hydrogens is 478 g/mol. The molecule has 188 valence electrons. The molecular formula is C27H24F2N6O2. The van der Waals surface area contributed by atoms with E-state index in [2.05, 4.69) is 15.3 Å². The van der Waals surface area contributed by atoms with E-state index in [0.29, 0.717) is 40.7 Å². The van der Waals surface area contributed by atoms with Crippen molar-refractivity contribution in [3.63, 3.8) is 0 Å². The van der Waals surface area contributed by atoms with E-state index in [1.165, 1.54) is 0 Å². The van der Waals surface area contributed by atoms with Crippen LogP contribution in [-0.2, 0) is 24.4 Å². The number of fused-ring (bicyclic) bond motifs is 2. The average molecular weight is 503 g/mol. The number of hydrogen-bond acceptors (Lipinski definition) is 6. The number of anilines is 1. The van der Waals surface area contributed by atoms with Gasteiger partial charge in [-0.3, -0.25) is 9.59 Å². The van der Waals surface area contributed by atoms with Gasteiger partial charge in [-0.1, -0.05) is 30.3 Å². The molecule has 5 rings (SSSR count). The van der Waals surface area contributed by atoms with Gasteiger partial charge < -0.3 is 21.7 Å². The van der Waals surface area contributed by atoms with Crippen LogP contribution in [0.4, 0.5) is 14.7 Å². The zero-order valence-corrected chi connectivity index (χ0v) is 19.8. The van der Waals surface area contributed by atoms with Crippen LogP contribution in [0.2, 0.25) is 0 Å². The summed E-state index contributed by atoms with van der Waals surface area (Å²) in [5, 5.41) is 3.09. The number of nitrogen functional groups attached to an aromatic ring is 1. The van der Waals surface area contributed by atoms with E-state index < -0.39 is 11.6 Å². The molecule has 0 atom stereocenters. The highest BCUT2D eigenvalue weighted by molar-refractivity contribution is 6.06. The smallest absolute Gasteiger partial charge is 0.273 e. The molecule has 0 spiro atoms. The quantitative estimate of drug-likeness (QED) is 0.371. The number of amides is 2. The molecule has 1 aromatic heterocycles. The van der Waals surface area contributed by atoms with Gasteiger partial charge in [-0.25, -0.2) is 18.7 Å². The number of nitrogens with two attached hydrogens (primary N) is 2. The van der Waals surface area contributed by atoms with Gasteiger partial charge in [0.1, 0.15) is 5.69 Å². The van der Waals surface area contributed by atoms with Crippen LogP contribution in [0, 0.1) is 11.6 Å². The Balaban J connectivity index is 1.55. The maximum Gasteiger partial charge on any atom is 0.273 e. The number of rotatable bonds is 6. The van der Waals surface area contributed by atoms with Gasteiger partial charge >= 0.3 is 0 Å². The molecule has 2 amide bonds. The van der Waals surface area contributed by atoms with Crippen molar-refractivity contribution < 1.29 is 18.4 Å². The van der Waals surface area contributed by atoms with Gasteiger partial charge in [0.05, 0.1) is 5.52 Å². The molecule has 37 heavy (non-hydrogen) atoms. The van der Waals surface area contributed by atoms with E-state index in [9.17, 15) is 18.4 Å². The molecule has 0 aliphatic carbocycles. The van der Waals surface area contributed by atoms with Gasteiger partial charge in [-0.05, 0) is 52.1 Å². The number of nitrogens with zero attached hydrogens (tertiary/aromatic N) is 3. The lowest BCUT2D eigenvalue weighted by Gasteiger charge is -2.17. The second kappa shape index (κ2) is 9.90. The predicted octanol–water partition coefficient (Wildman–Crippen LogP) is 3.28. The van der Waals surface area contributed by atoms with E-state index >= 15 is 0 Å². The average Bonchev–Trinajstić information content (AvgIpc) is 3.32. The van der Waals surface area contributed by atoms with Crippen LogP contribution in [0.15, 0.2) is 54.6 Å². The van der Waals surface area contributed by atoms with E-state index in [1.807, 2.05) is 24.3 Å². The Morgan fingerprint density at radius 2 is 1.68 bits per heavy atom. The monoisotopic (exact) mass is 502 g/mol. The van der Waals surface area contributed by atoms with Crippen LogP contribution in [-0.4, -0.2) is 33.2 Å².